The summed E-state index contributed by atoms with van der Waals surface area (Å²) in [6.45, 7) is 3.62. The lowest BCUT2D eigenvalue weighted by atomic mass is 10.1. The molecule has 0 aliphatic heterocycles. The molecule has 0 aromatic heterocycles. The largest absolute Gasteiger partial charge is 0.478 e. The van der Waals surface area contributed by atoms with Crippen molar-refractivity contribution in [2.75, 3.05) is 5.32 Å². The smallest absolute Gasteiger partial charge is 0.337 e. The molecule has 0 saturated heterocycles. The predicted molar refractivity (Wildman–Crippen MR) is 61.4 cm³/mol. The van der Waals surface area contributed by atoms with Crippen LogP contribution in [0, 0.1) is 17.6 Å². The Kier molecular flexibility index (Phi) is 4.36. The molecule has 0 saturated carbocycles. The van der Waals surface area contributed by atoms with E-state index in [2.05, 4.69) is 5.32 Å². The Bertz CT molecular complexity index is 486. The molecular weight excluding hydrogens is 244 g/mol. The Morgan fingerprint density at radius 1 is 1.28 bits per heavy atom. The van der Waals surface area contributed by atoms with Gasteiger partial charge in [0.25, 0.3) is 0 Å². The van der Waals surface area contributed by atoms with Gasteiger partial charge in [-0.2, -0.15) is 0 Å². The van der Waals surface area contributed by atoms with Gasteiger partial charge in [-0.05, 0) is 12.0 Å². The van der Waals surface area contributed by atoms with E-state index in [1.807, 2.05) is 13.8 Å². The van der Waals surface area contributed by atoms with Crippen molar-refractivity contribution in [3.63, 3.8) is 0 Å². The number of amides is 1. The number of anilines is 1. The van der Waals surface area contributed by atoms with Gasteiger partial charge in [0.1, 0.15) is 0 Å². The number of hydrogen-bond donors (Lipinski definition) is 2. The van der Waals surface area contributed by atoms with Gasteiger partial charge in [-0.15, -0.1) is 0 Å². The third-order valence-electron chi connectivity index (χ3n) is 2.16. The number of carbonyl (C=O) groups excluding carboxylic acids is 1. The van der Waals surface area contributed by atoms with Crippen molar-refractivity contribution in [3.8, 4) is 0 Å². The van der Waals surface area contributed by atoms with E-state index >= 15 is 0 Å². The number of rotatable bonds is 4. The zero-order chi connectivity index (χ0) is 13.9. The second-order valence-corrected chi connectivity index (χ2v) is 4.26. The average molecular weight is 257 g/mol. The molecule has 0 spiro atoms. The number of carbonyl (C=O) groups is 2. The number of carboxylic acid groups (broad SMARTS) is 1. The van der Waals surface area contributed by atoms with Crippen molar-refractivity contribution in [2.45, 2.75) is 20.3 Å². The van der Waals surface area contributed by atoms with E-state index in [0.29, 0.717) is 12.1 Å². The van der Waals surface area contributed by atoms with Gasteiger partial charge in [0.05, 0.1) is 11.3 Å². The van der Waals surface area contributed by atoms with Crippen LogP contribution in [-0.2, 0) is 4.79 Å². The van der Waals surface area contributed by atoms with Crippen molar-refractivity contribution >= 4 is 17.6 Å². The highest BCUT2D eigenvalue weighted by atomic mass is 19.2. The molecular formula is C12H13F2NO3. The minimum absolute atomic E-state index is 0.0728. The molecule has 1 rings (SSSR count). The average Bonchev–Trinajstić information content (AvgIpc) is 2.21. The Hall–Kier alpha value is -1.98. The van der Waals surface area contributed by atoms with Crippen molar-refractivity contribution in [1.29, 1.82) is 0 Å². The van der Waals surface area contributed by atoms with Crippen LogP contribution in [0.1, 0.15) is 30.6 Å². The third kappa shape index (κ3) is 3.51. The molecule has 0 radical (unpaired) electrons. The number of aromatic carboxylic acids is 1. The molecule has 0 aliphatic carbocycles. The Morgan fingerprint density at radius 3 is 2.33 bits per heavy atom. The maximum atomic E-state index is 13.0. The monoisotopic (exact) mass is 257 g/mol. The summed E-state index contributed by atoms with van der Waals surface area (Å²) < 4.78 is 25.9. The van der Waals surface area contributed by atoms with Gasteiger partial charge in [0, 0.05) is 12.5 Å². The fourth-order valence-electron chi connectivity index (χ4n) is 1.40. The first-order valence-corrected chi connectivity index (χ1v) is 5.33. The van der Waals surface area contributed by atoms with E-state index in [4.69, 9.17) is 5.11 Å². The summed E-state index contributed by atoms with van der Waals surface area (Å²) in [6, 6.07) is 1.21. The Labute approximate surface area is 103 Å². The van der Waals surface area contributed by atoms with Crippen LogP contribution in [-0.4, -0.2) is 17.0 Å². The molecule has 0 heterocycles. The minimum atomic E-state index is -1.44. The summed E-state index contributed by atoms with van der Waals surface area (Å²) >= 11 is 0. The van der Waals surface area contributed by atoms with Crippen molar-refractivity contribution < 1.29 is 23.5 Å². The summed E-state index contributed by atoms with van der Waals surface area (Å²) in [4.78, 5) is 22.3. The summed E-state index contributed by atoms with van der Waals surface area (Å²) in [6.07, 6.45) is 0.165. The first-order chi connectivity index (χ1) is 8.31. The molecule has 1 aromatic rings. The van der Waals surface area contributed by atoms with Crippen LogP contribution in [0.25, 0.3) is 0 Å². The maximum absolute atomic E-state index is 13.0. The van der Waals surface area contributed by atoms with Crippen LogP contribution in [0.15, 0.2) is 12.1 Å². The molecule has 0 bridgehead atoms. The van der Waals surface area contributed by atoms with Crippen LogP contribution >= 0.6 is 0 Å². The molecule has 18 heavy (non-hydrogen) atoms. The second-order valence-electron chi connectivity index (χ2n) is 4.26. The van der Waals surface area contributed by atoms with Crippen molar-refractivity contribution in [2.24, 2.45) is 5.92 Å². The summed E-state index contributed by atoms with van der Waals surface area (Å²) in [7, 11) is 0. The molecule has 0 fully saturated rings. The van der Waals surface area contributed by atoms with Gasteiger partial charge in [0.2, 0.25) is 5.91 Å². The summed E-state index contributed by atoms with van der Waals surface area (Å²) in [5.74, 6) is -4.29. The van der Waals surface area contributed by atoms with E-state index in [9.17, 15) is 18.4 Å². The number of carboxylic acids is 1. The molecule has 6 heteroatoms. The molecule has 98 valence electrons. The normalized spacial score (nSPS) is 10.5. The number of hydrogen-bond acceptors (Lipinski definition) is 2. The van der Waals surface area contributed by atoms with Gasteiger partial charge in [-0.1, -0.05) is 13.8 Å². The molecule has 1 amide bonds. The highest BCUT2D eigenvalue weighted by Crippen LogP contribution is 2.20. The maximum Gasteiger partial charge on any atom is 0.337 e. The highest BCUT2D eigenvalue weighted by Gasteiger charge is 2.17. The molecule has 2 N–H and O–H groups in total. The number of benzene rings is 1. The summed E-state index contributed by atoms with van der Waals surface area (Å²) in [5.41, 5.74) is -0.724. The molecule has 0 unspecified atom stereocenters. The van der Waals surface area contributed by atoms with Crippen LogP contribution in [0.5, 0.6) is 0 Å². The van der Waals surface area contributed by atoms with Crippen LogP contribution < -0.4 is 5.32 Å². The van der Waals surface area contributed by atoms with Crippen LogP contribution in [0.3, 0.4) is 0 Å². The van der Waals surface area contributed by atoms with Crippen molar-refractivity contribution in [3.05, 3.63) is 29.3 Å². The Balaban J connectivity index is 3.04. The van der Waals surface area contributed by atoms with Gasteiger partial charge >= 0.3 is 5.97 Å². The van der Waals surface area contributed by atoms with Crippen LogP contribution in [0.4, 0.5) is 14.5 Å². The quantitative estimate of drug-likeness (QED) is 0.871. The Morgan fingerprint density at radius 2 is 1.83 bits per heavy atom. The first-order valence-electron chi connectivity index (χ1n) is 5.33. The molecule has 0 atom stereocenters. The van der Waals surface area contributed by atoms with E-state index in [1.165, 1.54) is 0 Å². The van der Waals surface area contributed by atoms with Crippen LogP contribution in [0.2, 0.25) is 0 Å². The minimum Gasteiger partial charge on any atom is -0.478 e. The van der Waals surface area contributed by atoms with Gasteiger partial charge in [-0.3, -0.25) is 4.79 Å². The van der Waals surface area contributed by atoms with Gasteiger partial charge in [0.15, 0.2) is 11.6 Å². The van der Waals surface area contributed by atoms with Gasteiger partial charge in [-0.25, -0.2) is 13.6 Å². The lowest BCUT2D eigenvalue weighted by Crippen LogP contribution is -2.17. The zero-order valence-corrected chi connectivity index (χ0v) is 9.96. The molecule has 4 nitrogen and oxygen atoms in total. The van der Waals surface area contributed by atoms with Crippen molar-refractivity contribution in [1.82, 2.24) is 0 Å². The lowest BCUT2D eigenvalue weighted by Gasteiger charge is -2.10. The van der Waals surface area contributed by atoms with E-state index in [-0.39, 0.29) is 18.0 Å². The fourth-order valence-corrected chi connectivity index (χ4v) is 1.40. The first kappa shape index (κ1) is 14.1. The number of halogens is 2. The fraction of sp³-hybridized carbons (Fsp3) is 0.333. The van der Waals surface area contributed by atoms with E-state index < -0.39 is 29.1 Å². The zero-order valence-electron chi connectivity index (χ0n) is 9.96. The van der Waals surface area contributed by atoms with E-state index in [1.54, 1.807) is 0 Å². The standard InChI is InChI=1S/C12H13F2NO3/c1-6(2)3-11(16)15-10-5-9(14)8(13)4-7(10)12(17)18/h4-6H,3H2,1-2H3,(H,15,16)(H,17,18). The van der Waals surface area contributed by atoms with E-state index in [0.717, 1.165) is 0 Å². The second kappa shape index (κ2) is 5.57. The topological polar surface area (TPSA) is 66.4 Å². The molecule has 0 aliphatic rings. The molecule has 1 aromatic carbocycles. The van der Waals surface area contributed by atoms with Gasteiger partial charge < -0.3 is 10.4 Å². The predicted octanol–water partition coefficient (Wildman–Crippen LogP) is 2.65. The lowest BCUT2D eigenvalue weighted by molar-refractivity contribution is -0.116. The third-order valence-corrected chi connectivity index (χ3v) is 2.16. The highest BCUT2D eigenvalue weighted by molar-refractivity contribution is 6.00. The SMILES string of the molecule is CC(C)CC(=O)Nc1cc(F)c(F)cc1C(=O)O. The summed E-state index contributed by atoms with van der Waals surface area (Å²) in [5, 5.41) is 11.1. The number of nitrogens with one attached hydrogen (secondary N) is 1.